The molecule has 2 aromatic rings. The highest BCUT2D eigenvalue weighted by Gasteiger charge is 2.34. The maximum absolute atomic E-state index is 15.4. The van der Waals surface area contributed by atoms with Crippen LogP contribution in [0.3, 0.4) is 0 Å². The van der Waals surface area contributed by atoms with Gasteiger partial charge < -0.3 is 15.4 Å². The predicted octanol–water partition coefficient (Wildman–Crippen LogP) is 1.33. The first-order valence-corrected chi connectivity index (χ1v) is 9.92. The molecule has 4 rings (SSSR count). The molecule has 9 heteroatoms. The van der Waals surface area contributed by atoms with Gasteiger partial charge in [-0.15, -0.1) is 0 Å². The second-order valence-corrected chi connectivity index (χ2v) is 7.65. The Morgan fingerprint density at radius 3 is 2.83 bits per heavy atom. The molecule has 0 bridgehead atoms. The molecule has 1 saturated carbocycles. The normalized spacial score (nSPS) is 20.0. The molecule has 1 aromatic carbocycles. The Bertz CT molecular complexity index is 1080. The zero-order valence-electron chi connectivity index (χ0n) is 16.3. The van der Waals surface area contributed by atoms with E-state index in [1.165, 1.54) is 17.7 Å². The number of methoxy groups -OCH3 is 1. The van der Waals surface area contributed by atoms with E-state index in [4.69, 9.17) is 10.00 Å². The van der Waals surface area contributed by atoms with Crippen molar-refractivity contribution in [2.24, 2.45) is 5.92 Å². The molecule has 0 amide bonds. The Morgan fingerprint density at radius 2 is 2.21 bits per heavy atom. The molecule has 2 heterocycles. The number of benzene rings is 1. The molecule has 2 unspecified atom stereocenters. The smallest absolute Gasteiger partial charge is 0.329 e. The third-order valence-corrected chi connectivity index (χ3v) is 5.77. The quantitative estimate of drug-likeness (QED) is 0.604. The van der Waals surface area contributed by atoms with Crippen LogP contribution >= 0.6 is 0 Å². The molecule has 154 valence electrons. The first-order valence-electron chi connectivity index (χ1n) is 9.92. The lowest BCUT2D eigenvalue weighted by molar-refractivity contribution is 0.347. The minimum absolute atomic E-state index is 0.0211. The van der Waals surface area contributed by atoms with Crippen molar-refractivity contribution >= 4 is 10.9 Å². The van der Waals surface area contributed by atoms with E-state index in [2.05, 4.69) is 21.7 Å². The monoisotopic (exact) mass is 401 g/mol. The number of aromatic nitrogens is 2. The SMILES string of the molecule is COc1c(C(NCCC#N)C2CCNC2)c(F)cc2c(=O)[nH]c(=O)n(C3CC3)c12. The molecule has 1 saturated heterocycles. The number of hydrogen-bond donors (Lipinski definition) is 3. The number of hydrogen-bond acceptors (Lipinski definition) is 6. The number of ether oxygens (including phenoxy) is 1. The average Bonchev–Trinajstić information content (AvgIpc) is 3.38. The third-order valence-electron chi connectivity index (χ3n) is 5.77. The zero-order chi connectivity index (χ0) is 20.5. The lowest BCUT2D eigenvalue weighted by atomic mass is 9.90. The fraction of sp³-hybridized carbons (Fsp3) is 0.550. The van der Waals surface area contributed by atoms with E-state index in [0.29, 0.717) is 30.6 Å². The molecule has 2 aliphatic rings. The lowest BCUT2D eigenvalue weighted by Gasteiger charge is -2.27. The van der Waals surface area contributed by atoms with Gasteiger partial charge in [0.15, 0.2) is 5.75 Å². The molecule has 0 radical (unpaired) electrons. The Labute approximate surface area is 166 Å². The number of halogens is 1. The van der Waals surface area contributed by atoms with E-state index >= 15 is 4.39 Å². The topological polar surface area (TPSA) is 112 Å². The van der Waals surface area contributed by atoms with Crippen molar-refractivity contribution in [2.45, 2.75) is 37.8 Å². The van der Waals surface area contributed by atoms with Gasteiger partial charge in [0.25, 0.3) is 5.56 Å². The van der Waals surface area contributed by atoms with Crippen molar-refractivity contribution in [1.29, 1.82) is 5.26 Å². The second kappa shape index (κ2) is 7.97. The highest BCUT2D eigenvalue weighted by molar-refractivity contribution is 5.86. The number of aromatic amines is 1. The molecular formula is C20H24FN5O3. The molecule has 8 nitrogen and oxygen atoms in total. The van der Waals surface area contributed by atoms with Gasteiger partial charge in [0, 0.05) is 30.6 Å². The summed E-state index contributed by atoms with van der Waals surface area (Å²) in [7, 11) is 1.43. The third kappa shape index (κ3) is 3.54. The maximum Gasteiger partial charge on any atom is 0.329 e. The Balaban J connectivity index is 1.96. The van der Waals surface area contributed by atoms with Crippen molar-refractivity contribution in [3.8, 4) is 11.8 Å². The maximum atomic E-state index is 15.4. The molecule has 0 spiro atoms. The van der Waals surface area contributed by atoms with Gasteiger partial charge in [0.2, 0.25) is 0 Å². The second-order valence-electron chi connectivity index (χ2n) is 7.65. The van der Waals surface area contributed by atoms with Gasteiger partial charge in [-0.3, -0.25) is 14.3 Å². The fourth-order valence-corrected chi connectivity index (χ4v) is 4.30. The number of nitrogens with zero attached hydrogens (tertiary/aromatic N) is 2. The van der Waals surface area contributed by atoms with Crippen LogP contribution in [-0.2, 0) is 0 Å². The largest absolute Gasteiger partial charge is 0.494 e. The first-order chi connectivity index (χ1) is 14.1. The van der Waals surface area contributed by atoms with E-state index in [0.717, 1.165) is 25.8 Å². The summed E-state index contributed by atoms with van der Waals surface area (Å²) in [6.07, 6.45) is 2.79. The number of rotatable bonds is 7. The molecule has 3 N–H and O–H groups in total. The van der Waals surface area contributed by atoms with E-state index in [1.54, 1.807) is 0 Å². The highest BCUT2D eigenvalue weighted by atomic mass is 19.1. The van der Waals surface area contributed by atoms with Crippen molar-refractivity contribution in [3.05, 3.63) is 38.3 Å². The number of H-pyrrole nitrogens is 1. The van der Waals surface area contributed by atoms with Crippen LogP contribution in [0.5, 0.6) is 5.75 Å². The van der Waals surface area contributed by atoms with Crippen LogP contribution in [0, 0.1) is 23.1 Å². The van der Waals surface area contributed by atoms with Crippen LogP contribution in [0.4, 0.5) is 4.39 Å². The number of nitriles is 1. The summed E-state index contributed by atoms with van der Waals surface area (Å²) in [5, 5.41) is 15.6. The van der Waals surface area contributed by atoms with E-state index in [9.17, 15) is 9.59 Å². The Kier molecular flexibility index (Phi) is 5.39. The highest BCUT2D eigenvalue weighted by Crippen LogP contribution is 2.42. The molecule has 1 aliphatic heterocycles. The van der Waals surface area contributed by atoms with Crippen LogP contribution in [0.1, 0.15) is 43.3 Å². The van der Waals surface area contributed by atoms with Crippen molar-refractivity contribution in [3.63, 3.8) is 0 Å². The van der Waals surface area contributed by atoms with Gasteiger partial charge in [-0.1, -0.05) is 0 Å². The fourth-order valence-electron chi connectivity index (χ4n) is 4.30. The van der Waals surface area contributed by atoms with Crippen molar-refractivity contribution in [1.82, 2.24) is 20.2 Å². The van der Waals surface area contributed by atoms with Crippen molar-refractivity contribution in [2.75, 3.05) is 26.7 Å². The summed E-state index contributed by atoms with van der Waals surface area (Å²) >= 11 is 0. The van der Waals surface area contributed by atoms with Crippen LogP contribution in [0.2, 0.25) is 0 Å². The summed E-state index contributed by atoms with van der Waals surface area (Å²) in [6, 6.07) is 2.87. The zero-order valence-corrected chi connectivity index (χ0v) is 16.3. The van der Waals surface area contributed by atoms with Crippen LogP contribution in [-0.4, -0.2) is 36.3 Å². The number of fused-ring (bicyclic) bond motifs is 1. The molecule has 1 aliphatic carbocycles. The molecule has 2 atom stereocenters. The summed E-state index contributed by atoms with van der Waals surface area (Å²) < 4.78 is 22.5. The van der Waals surface area contributed by atoms with E-state index < -0.39 is 23.1 Å². The van der Waals surface area contributed by atoms with Crippen molar-refractivity contribution < 1.29 is 9.13 Å². The van der Waals surface area contributed by atoms with Gasteiger partial charge >= 0.3 is 5.69 Å². The van der Waals surface area contributed by atoms with Crippen LogP contribution < -0.4 is 26.6 Å². The van der Waals surface area contributed by atoms with Gasteiger partial charge in [-0.25, -0.2) is 9.18 Å². The molecule has 1 aromatic heterocycles. The minimum Gasteiger partial charge on any atom is -0.494 e. The lowest BCUT2D eigenvalue weighted by Crippen LogP contribution is -2.33. The Hall–Kier alpha value is -2.70. The average molecular weight is 401 g/mol. The van der Waals surface area contributed by atoms with Gasteiger partial charge in [0.1, 0.15) is 11.3 Å². The standard InChI is InChI=1S/C20H24FN5O3/c1-29-18-15(16(24-7-2-6-22)11-5-8-23-10-11)14(21)9-13-17(18)26(12-3-4-12)20(28)25-19(13)27/h9,11-12,16,23-24H,2-5,7-8,10H2,1H3,(H,25,27,28). The summed E-state index contributed by atoms with van der Waals surface area (Å²) in [6.45, 7) is 1.93. The van der Waals surface area contributed by atoms with Gasteiger partial charge in [0.05, 0.1) is 18.6 Å². The molecular weight excluding hydrogens is 377 g/mol. The Morgan fingerprint density at radius 1 is 1.41 bits per heavy atom. The number of nitrogens with one attached hydrogen (secondary N) is 3. The summed E-state index contributed by atoms with van der Waals surface area (Å²) in [4.78, 5) is 27.2. The van der Waals surface area contributed by atoms with Gasteiger partial charge in [-0.05, 0) is 44.3 Å². The predicted molar refractivity (Wildman–Crippen MR) is 106 cm³/mol. The first kappa shape index (κ1) is 19.6. The summed E-state index contributed by atoms with van der Waals surface area (Å²) in [5.74, 6) is -0.240. The van der Waals surface area contributed by atoms with Gasteiger partial charge in [-0.2, -0.15) is 5.26 Å². The molecule has 2 fully saturated rings. The summed E-state index contributed by atoms with van der Waals surface area (Å²) in [5.41, 5.74) is -0.469. The molecule has 29 heavy (non-hydrogen) atoms. The van der Waals surface area contributed by atoms with Crippen LogP contribution in [0.25, 0.3) is 10.9 Å². The van der Waals surface area contributed by atoms with Crippen LogP contribution in [0.15, 0.2) is 15.7 Å². The minimum atomic E-state index is -0.623. The van der Waals surface area contributed by atoms with E-state index in [-0.39, 0.29) is 23.1 Å². The van der Waals surface area contributed by atoms with E-state index in [1.807, 2.05) is 0 Å².